The molecule has 2 amide bonds. The zero-order chi connectivity index (χ0) is 21.5. The van der Waals surface area contributed by atoms with Gasteiger partial charge in [0.15, 0.2) is 0 Å². The van der Waals surface area contributed by atoms with Gasteiger partial charge in [-0.05, 0) is 42.5 Å². The summed E-state index contributed by atoms with van der Waals surface area (Å²) in [6, 6.07) is 23.7. The zero-order valence-corrected chi connectivity index (χ0v) is 17.5. The van der Waals surface area contributed by atoms with Crippen molar-refractivity contribution in [3.05, 3.63) is 102 Å². The summed E-state index contributed by atoms with van der Waals surface area (Å²) in [7, 11) is 0. The van der Waals surface area contributed by atoms with Gasteiger partial charge in [0, 0.05) is 37.0 Å². The molecular weight excluding hydrogens is 386 g/mol. The number of pyridine rings is 1. The number of benzene rings is 2. The van der Waals surface area contributed by atoms with Gasteiger partial charge in [-0.1, -0.05) is 60.7 Å². The molecule has 1 atom stereocenters. The van der Waals surface area contributed by atoms with Crippen molar-refractivity contribution >= 4 is 11.8 Å². The van der Waals surface area contributed by atoms with Crippen LogP contribution in [0.15, 0.2) is 85.2 Å². The van der Waals surface area contributed by atoms with E-state index in [4.69, 9.17) is 0 Å². The summed E-state index contributed by atoms with van der Waals surface area (Å²) in [4.78, 5) is 31.5. The molecule has 1 N–H and O–H groups in total. The van der Waals surface area contributed by atoms with Gasteiger partial charge in [0.05, 0.1) is 6.04 Å². The Kier molecular flexibility index (Phi) is 6.72. The molecule has 0 bridgehead atoms. The van der Waals surface area contributed by atoms with Crippen molar-refractivity contribution in [1.29, 1.82) is 0 Å². The first-order chi connectivity index (χ1) is 15.2. The Balaban J connectivity index is 1.38. The number of piperidine rings is 1. The zero-order valence-electron chi connectivity index (χ0n) is 17.5. The maximum Gasteiger partial charge on any atom is 0.253 e. The Bertz CT molecular complexity index is 985. The van der Waals surface area contributed by atoms with E-state index in [1.807, 2.05) is 41.3 Å². The van der Waals surface area contributed by atoms with E-state index in [-0.39, 0.29) is 23.8 Å². The van der Waals surface area contributed by atoms with Crippen LogP contribution in [0.4, 0.5) is 0 Å². The van der Waals surface area contributed by atoms with Crippen molar-refractivity contribution < 1.29 is 9.59 Å². The lowest BCUT2D eigenvalue weighted by Gasteiger charge is -2.32. The normalized spacial score (nSPS) is 15.3. The third kappa shape index (κ3) is 5.37. The average Bonchev–Trinajstić information content (AvgIpc) is 2.85. The van der Waals surface area contributed by atoms with E-state index in [0.29, 0.717) is 31.5 Å². The summed E-state index contributed by atoms with van der Waals surface area (Å²) in [6.07, 6.45) is 5.36. The molecule has 0 aliphatic carbocycles. The summed E-state index contributed by atoms with van der Waals surface area (Å²) in [5.41, 5.74) is 2.93. The van der Waals surface area contributed by atoms with Crippen LogP contribution >= 0.6 is 0 Å². The van der Waals surface area contributed by atoms with Crippen molar-refractivity contribution in [1.82, 2.24) is 15.2 Å². The van der Waals surface area contributed by atoms with Gasteiger partial charge in [-0.3, -0.25) is 14.6 Å². The molecule has 158 valence electrons. The second-order valence-corrected chi connectivity index (χ2v) is 7.96. The molecule has 1 aromatic heterocycles. The van der Waals surface area contributed by atoms with E-state index < -0.39 is 0 Å². The Morgan fingerprint density at radius 1 is 0.903 bits per heavy atom. The average molecular weight is 414 g/mol. The SMILES string of the molecule is O=C(N[C@@H](Cc1ccccc1)c1ccccc1)C1CCN(C(=O)c2ccncc2)CC1. The summed E-state index contributed by atoms with van der Waals surface area (Å²) < 4.78 is 0. The van der Waals surface area contributed by atoms with E-state index in [1.54, 1.807) is 24.5 Å². The first-order valence-electron chi connectivity index (χ1n) is 10.8. The number of rotatable bonds is 6. The Labute approximate surface area is 183 Å². The monoisotopic (exact) mass is 413 g/mol. The predicted molar refractivity (Wildman–Crippen MR) is 120 cm³/mol. The van der Waals surface area contributed by atoms with Crippen LogP contribution in [0.5, 0.6) is 0 Å². The lowest BCUT2D eigenvalue weighted by atomic mass is 9.93. The van der Waals surface area contributed by atoms with Crippen LogP contribution in [0.2, 0.25) is 0 Å². The van der Waals surface area contributed by atoms with Gasteiger partial charge in [0.25, 0.3) is 5.91 Å². The van der Waals surface area contributed by atoms with Gasteiger partial charge in [0.1, 0.15) is 0 Å². The molecule has 1 aliphatic heterocycles. The van der Waals surface area contributed by atoms with Crippen LogP contribution in [0, 0.1) is 5.92 Å². The van der Waals surface area contributed by atoms with Crippen molar-refractivity contribution in [3.63, 3.8) is 0 Å². The van der Waals surface area contributed by atoms with E-state index in [1.165, 1.54) is 5.56 Å². The fourth-order valence-corrected chi connectivity index (χ4v) is 4.10. The van der Waals surface area contributed by atoms with Crippen LogP contribution in [-0.4, -0.2) is 34.8 Å². The van der Waals surface area contributed by atoms with Crippen molar-refractivity contribution in [2.75, 3.05) is 13.1 Å². The van der Waals surface area contributed by atoms with Crippen molar-refractivity contribution in [2.24, 2.45) is 5.92 Å². The molecule has 3 aromatic rings. The number of nitrogens with one attached hydrogen (secondary N) is 1. The van der Waals surface area contributed by atoms with E-state index in [2.05, 4.69) is 34.6 Å². The van der Waals surface area contributed by atoms with Gasteiger partial charge in [-0.2, -0.15) is 0 Å². The molecule has 5 heteroatoms. The van der Waals surface area contributed by atoms with Crippen LogP contribution in [0.1, 0.15) is 40.4 Å². The molecule has 4 rings (SSSR count). The minimum atomic E-state index is -0.0801. The topological polar surface area (TPSA) is 62.3 Å². The smallest absolute Gasteiger partial charge is 0.253 e. The second-order valence-electron chi connectivity index (χ2n) is 7.96. The van der Waals surface area contributed by atoms with Gasteiger partial charge in [0.2, 0.25) is 5.91 Å². The molecule has 0 unspecified atom stereocenters. The minimum absolute atomic E-state index is 0.00694. The van der Waals surface area contributed by atoms with Crippen LogP contribution < -0.4 is 5.32 Å². The number of hydrogen-bond donors (Lipinski definition) is 1. The number of carbonyl (C=O) groups is 2. The molecule has 5 nitrogen and oxygen atoms in total. The van der Waals surface area contributed by atoms with Crippen LogP contribution in [-0.2, 0) is 11.2 Å². The highest BCUT2D eigenvalue weighted by molar-refractivity contribution is 5.94. The fraction of sp³-hybridized carbons (Fsp3) is 0.269. The minimum Gasteiger partial charge on any atom is -0.349 e. The second kappa shape index (κ2) is 10.0. The number of hydrogen-bond acceptors (Lipinski definition) is 3. The number of carbonyl (C=O) groups excluding carboxylic acids is 2. The van der Waals surface area contributed by atoms with E-state index >= 15 is 0 Å². The maximum absolute atomic E-state index is 13.1. The van der Waals surface area contributed by atoms with Gasteiger partial charge in [-0.15, -0.1) is 0 Å². The van der Waals surface area contributed by atoms with Crippen LogP contribution in [0.3, 0.4) is 0 Å². The van der Waals surface area contributed by atoms with E-state index in [0.717, 1.165) is 12.0 Å². The third-order valence-electron chi connectivity index (χ3n) is 5.88. The molecule has 1 saturated heterocycles. The number of likely N-dealkylation sites (tertiary alicyclic amines) is 1. The Morgan fingerprint density at radius 3 is 2.16 bits per heavy atom. The molecule has 2 heterocycles. The van der Waals surface area contributed by atoms with Gasteiger partial charge >= 0.3 is 0 Å². The lowest BCUT2D eigenvalue weighted by Crippen LogP contribution is -2.44. The number of amides is 2. The highest BCUT2D eigenvalue weighted by atomic mass is 16.2. The third-order valence-corrected chi connectivity index (χ3v) is 5.88. The predicted octanol–water partition coefficient (Wildman–Crippen LogP) is 4.03. The molecule has 0 radical (unpaired) electrons. The maximum atomic E-state index is 13.1. The van der Waals surface area contributed by atoms with Gasteiger partial charge in [-0.25, -0.2) is 0 Å². The molecule has 0 saturated carbocycles. The standard InChI is InChI=1S/C26H27N3O2/c30-25(22-13-17-29(18-14-22)26(31)23-11-15-27-16-12-23)28-24(21-9-5-2-6-10-21)19-20-7-3-1-4-8-20/h1-12,15-16,22,24H,13-14,17-19H2,(H,28,30)/t24-/m0/s1. The molecule has 1 aliphatic rings. The fourth-order valence-electron chi connectivity index (χ4n) is 4.10. The summed E-state index contributed by atoms with van der Waals surface area (Å²) in [6.45, 7) is 1.18. The van der Waals surface area contributed by atoms with Crippen LogP contribution in [0.25, 0.3) is 0 Å². The molecular formula is C26H27N3O2. The molecule has 0 spiro atoms. The van der Waals surface area contributed by atoms with Gasteiger partial charge < -0.3 is 10.2 Å². The van der Waals surface area contributed by atoms with Crippen molar-refractivity contribution in [3.8, 4) is 0 Å². The first kappa shape index (κ1) is 20.8. The first-order valence-corrected chi connectivity index (χ1v) is 10.8. The number of nitrogens with zero attached hydrogens (tertiary/aromatic N) is 2. The summed E-state index contributed by atoms with van der Waals surface area (Å²) in [5.74, 6) is -0.00299. The molecule has 31 heavy (non-hydrogen) atoms. The van der Waals surface area contributed by atoms with Crippen molar-refractivity contribution in [2.45, 2.75) is 25.3 Å². The Morgan fingerprint density at radius 2 is 1.52 bits per heavy atom. The largest absolute Gasteiger partial charge is 0.349 e. The summed E-state index contributed by atoms with van der Waals surface area (Å²) in [5, 5.41) is 3.28. The highest BCUT2D eigenvalue weighted by Gasteiger charge is 2.29. The van der Waals surface area contributed by atoms with E-state index in [9.17, 15) is 9.59 Å². The highest BCUT2D eigenvalue weighted by Crippen LogP contribution is 2.23. The quantitative estimate of drug-likeness (QED) is 0.664. The molecule has 2 aromatic carbocycles. The lowest BCUT2D eigenvalue weighted by molar-refractivity contribution is -0.127. The Hall–Kier alpha value is -3.47. The molecule has 1 fully saturated rings. The summed E-state index contributed by atoms with van der Waals surface area (Å²) >= 11 is 0. The number of aromatic nitrogens is 1.